The topological polar surface area (TPSA) is 211 Å². The Morgan fingerprint density at radius 1 is 0.984 bits per heavy atom. The van der Waals surface area contributed by atoms with E-state index in [1.54, 1.807) is 51.1 Å². The number of nitrogens with zero attached hydrogens (tertiary/aromatic N) is 2. The van der Waals surface area contributed by atoms with Crippen LogP contribution in [0.4, 0.5) is 4.79 Å². The van der Waals surface area contributed by atoms with Gasteiger partial charge in [-0.25, -0.2) is 22.9 Å². The number of hydrogen-bond donors (Lipinski definition) is 4. The summed E-state index contributed by atoms with van der Waals surface area (Å²) in [5.41, 5.74) is -0.723. The van der Waals surface area contributed by atoms with Crippen LogP contribution in [0.1, 0.15) is 33.6 Å². The summed E-state index contributed by atoms with van der Waals surface area (Å²) in [5.74, 6) is -2.88. The normalized spacial score (nSPS) is 20.1. The average Bonchev–Trinajstić information content (AvgIpc) is 3.80. The van der Waals surface area contributed by atoms with Gasteiger partial charge >= 0.3 is 6.09 Å². The monoisotopic (exact) mass is 852 g/mol. The summed E-state index contributed by atoms with van der Waals surface area (Å²) in [7, 11) is -2.79. The molecule has 1 aliphatic heterocycles. The third-order valence-corrected chi connectivity index (χ3v) is 11.5. The predicted molar refractivity (Wildman–Crippen MR) is 226 cm³/mol. The highest BCUT2D eigenvalue weighted by Gasteiger charge is 2.61. The van der Waals surface area contributed by atoms with Crippen molar-refractivity contribution in [1.29, 1.82) is 0 Å². The number of benzene rings is 3. The number of carbonyl (C=O) groups excluding carboxylic acids is 5. The molecule has 3 aromatic carbocycles. The number of nitrogens with one attached hydrogen (secondary N) is 4. The third-order valence-electron chi connectivity index (χ3n) is 10.2. The van der Waals surface area contributed by atoms with Gasteiger partial charge in [0.25, 0.3) is 15.9 Å². The van der Waals surface area contributed by atoms with Gasteiger partial charge in [0.05, 0.1) is 29.8 Å². The van der Waals surface area contributed by atoms with Crippen molar-refractivity contribution >= 4 is 50.6 Å². The van der Waals surface area contributed by atoms with E-state index in [4.69, 9.17) is 19.2 Å². The number of fused-ring (bicyclic) bond motifs is 1. The zero-order valence-electron chi connectivity index (χ0n) is 34.2. The molecule has 2 aliphatic rings. The zero-order chi connectivity index (χ0) is 44.1. The predicted octanol–water partition coefficient (Wildman–Crippen LogP) is 4.02. The lowest BCUT2D eigenvalue weighted by Gasteiger charge is -2.30. The van der Waals surface area contributed by atoms with Gasteiger partial charge in [-0.2, -0.15) is 0 Å². The first kappa shape index (κ1) is 43.8. The van der Waals surface area contributed by atoms with E-state index < -0.39 is 81.5 Å². The summed E-state index contributed by atoms with van der Waals surface area (Å²) in [6, 6.07) is 21.0. The molecule has 320 valence electrons. The molecule has 5 amide bonds. The smallest absolute Gasteiger partial charge is 0.408 e. The molecule has 4 N–H and O–H groups in total. The maximum atomic E-state index is 14.6. The van der Waals surface area contributed by atoms with E-state index >= 15 is 0 Å². The van der Waals surface area contributed by atoms with Gasteiger partial charge < -0.3 is 35.1 Å². The van der Waals surface area contributed by atoms with E-state index in [1.807, 2.05) is 30.3 Å². The number of sulfonamides is 1. The maximum Gasteiger partial charge on any atom is 0.408 e. The molecule has 1 saturated heterocycles. The molecule has 0 radical (unpaired) electrons. The van der Waals surface area contributed by atoms with Gasteiger partial charge in [-0.1, -0.05) is 61.2 Å². The standard InChI is InChI=1S/C44H48N6O10S/c1-7-28-24-44(28,41(54)49-61(56,57)31-17-13-10-14-18-31)48-39(52)36-22-30(26-50(36)40(53)35(25-45-38(51)8-2)47-42(55)60-43(3,4)5)59-37-23-33(27-15-11-9-12-16-27)46-34-21-29(58-6)19-20-32(34)37/h7-21,23,28,30,35-36H,1-2,22,24-26H2,3-6H3,(H,45,51)(H,47,55)(H,48,52)(H,49,54)/t28-,30-,35?,36+,44-/m1/s1. The number of alkyl carbamates (subject to hydrolysis) is 1. The molecular weight excluding hydrogens is 805 g/mol. The van der Waals surface area contributed by atoms with E-state index in [9.17, 15) is 32.4 Å². The van der Waals surface area contributed by atoms with Crippen LogP contribution in [-0.4, -0.2) is 97.6 Å². The van der Waals surface area contributed by atoms with E-state index in [-0.39, 0.29) is 24.3 Å². The second-order valence-corrected chi connectivity index (χ2v) is 17.3. The Labute approximate surface area is 353 Å². The van der Waals surface area contributed by atoms with Crippen LogP contribution in [0.2, 0.25) is 0 Å². The molecule has 0 spiro atoms. The Kier molecular flexibility index (Phi) is 12.8. The molecule has 1 aromatic heterocycles. The van der Waals surface area contributed by atoms with Crippen molar-refractivity contribution in [1.82, 2.24) is 30.6 Å². The number of likely N-dealkylation sites (tertiary alicyclic amines) is 1. The van der Waals surface area contributed by atoms with Crippen molar-refractivity contribution in [3.63, 3.8) is 0 Å². The third kappa shape index (κ3) is 10.2. The molecule has 2 fully saturated rings. The summed E-state index contributed by atoms with van der Waals surface area (Å²) in [6.45, 7) is 11.5. The number of ether oxygens (including phenoxy) is 3. The quantitative estimate of drug-likeness (QED) is 0.0991. The number of aromatic nitrogens is 1. The number of pyridine rings is 1. The highest BCUT2D eigenvalue weighted by Crippen LogP contribution is 2.45. The summed E-state index contributed by atoms with van der Waals surface area (Å²) in [4.78, 5) is 74.2. The van der Waals surface area contributed by atoms with Crippen molar-refractivity contribution in [3.8, 4) is 22.8 Å². The van der Waals surface area contributed by atoms with Crippen molar-refractivity contribution in [3.05, 3.63) is 110 Å². The molecule has 16 nitrogen and oxygen atoms in total. The van der Waals surface area contributed by atoms with Crippen molar-refractivity contribution in [2.45, 2.75) is 67.8 Å². The minimum atomic E-state index is -4.33. The van der Waals surface area contributed by atoms with Crippen molar-refractivity contribution in [2.24, 2.45) is 5.92 Å². The number of hydrogen-bond acceptors (Lipinski definition) is 11. The fourth-order valence-corrected chi connectivity index (χ4v) is 8.11. The van der Waals surface area contributed by atoms with Gasteiger partial charge in [0, 0.05) is 42.0 Å². The first-order chi connectivity index (χ1) is 29.0. The van der Waals surface area contributed by atoms with Crippen molar-refractivity contribution in [2.75, 3.05) is 20.2 Å². The Balaban J connectivity index is 1.35. The minimum absolute atomic E-state index is 0.0319. The zero-order valence-corrected chi connectivity index (χ0v) is 35.0. The van der Waals surface area contributed by atoms with Gasteiger partial charge in [0.2, 0.25) is 17.7 Å². The molecule has 5 atom stereocenters. The molecular formula is C44H48N6O10S. The molecule has 1 unspecified atom stereocenters. The molecule has 6 rings (SSSR count). The van der Waals surface area contributed by atoms with E-state index in [2.05, 4.69) is 33.8 Å². The van der Waals surface area contributed by atoms with Gasteiger partial charge in [-0.3, -0.25) is 19.2 Å². The molecule has 4 aromatic rings. The second-order valence-electron chi connectivity index (χ2n) is 15.6. The lowest BCUT2D eigenvalue weighted by molar-refractivity contribution is -0.141. The molecule has 2 heterocycles. The van der Waals surface area contributed by atoms with Crippen LogP contribution in [0.25, 0.3) is 22.2 Å². The van der Waals surface area contributed by atoms with Crippen LogP contribution in [0.15, 0.2) is 115 Å². The summed E-state index contributed by atoms with van der Waals surface area (Å²) in [6.07, 6.45) is 0.561. The number of carbonyl (C=O) groups is 5. The highest BCUT2D eigenvalue weighted by atomic mass is 32.2. The Bertz CT molecular complexity index is 2460. The fourth-order valence-electron chi connectivity index (χ4n) is 7.05. The Morgan fingerprint density at radius 2 is 1.67 bits per heavy atom. The Hall–Kier alpha value is -6.75. The second kappa shape index (κ2) is 17.8. The van der Waals surface area contributed by atoms with E-state index in [1.165, 1.54) is 42.4 Å². The van der Waals surface area contributed by atoms with E-state index in [0.717, 1.165) is 11.6 Å². The van der Waals surface area contributed by atoms with Crippen LogP contribution in [0.5, 0.6) is 11.5 Å². The van der Waals surface area contributed by atoms with Gasteiger partial charge in [0.15, 0.2) is 0 Å². The summed E-state index contributed by atoms with van der Waals surface area (Å²) >= 11 is 0. The molecule has 1 saturated carbocycles. The van der Waals surface area contributed by atoms with Gasteiger partial charge in [0.1, 0.15) is 40.8 Å². The molecule has 17 heteroatoms. The van der Waals surface area contributed by atoms with Crippen LogP contribution >= 0.6 is 0 Å². The van der Waals surface area contributed by atoms with Crippen LogP contribution in [-0.2, 0) is 33.9 Å². The van der Waals surface area contributed by atoms with Gasteiger partial charge in [-0.15, -0.1) is 6.58 Å². The molecule has 1 aliphatic carbocycles. The first-order valence-electron chi connectivity index (χ1n) is 19.4. The van der Waals surface area contributed by atoms with Crippen LogP contribution in [0.3, 0.4) is 0 Å². The largest absolute Gasteiger partial charge is 0.497 e. The lowest BCUT2D eigenvalue weighted by atomic mass is 10.1. The summed E-state index contributed by atoms with van der Waals surface area (Å²) < 4.78 is 46.0. The Morgan fingerprint density at radius 3 is 2.30 bits per heavy atom. The summed E-state index contributed by atoms with van der Waals surface area (Å²) in [5, 5.41) is 8.39. The number of amides is 5. The highest BCUT2D eigenvalue weighted by molar-refractivity contribution is 7.90. The lowest BCUT2D eigenvalue weighted by Crippen LogP contribution is -2.59. The fraction of sp³-hybridized carbons (Fsp3) is 0.318. The minimum Gasteiger partial charge on any atom is -0.497 e. The van der Waals surface area contributed by atoms with E-state index in [0.29, 0.717) is 28.1 Å². The maximum absolute atomic E-state index is 14.6. The average molecular weight is 853 g/mol. The molecule has 0 bridgehead atoms. The number of rotatable bonds is 15. The SMILES string of the molecule is C=CC(=O)NCC(NC(=O)OC(C)(C)C)C(=O)N1C[C@H](Oc2cc(-c3ccccc3)nc3cc(OC)ccc23)C[C@H]1C(=O)N[C@]1(C(=O)NS(=O)(=O)c2ccccc2)C[C@H]1C=C. The first-order valence-corrected chi connectivity index (χ1v) is 20.9. The van der Waals surface area contributed by atoms with Crippen molar-refractivity contribution < 1.29 is 46.6 Å². The molecule has 61 heavy (non-hydrogen) atoms. The number of methoxy groups -OCH3 is 1. The van der Waals surface area contributed by atoms with Crippen LogP contribution in [0, 0.1) is 5.92 Å². The van der Waals surface area contributed by atoms with Gasteiger partial charge in [-0.05, 0) is 57.5 Å². The van der Waals surface area contributed by atoms with Crippen LogP contribution < -0.4 is 30.1 Å².